The van der Waals surface area contributed by atoms with Gasteiger partial charge in [0.1, 0.15) is 12.7 Å². The number of hydrogen-bond donors (Lipinski definition) is 2. The Morgan fingerprint density at radius 1 is 1.38 bits per heavy atom. The second-order valence-corrected chi connectivity index (χ2v) is 3.32. The van der Waals surface area contributed by atoms with E-state index in [4.69, 9.17) is 4.74 Å². The molecule has 1 aromatic rings. The standard InChI is InChI=1S/C11H15F2NO2/c1-2-14-6-8(15)7-16-11-9(12)4-3-5-10(11)13/h3-5,8,14-15H,2,6-7H2,1H3. The fourth-order valence-electron chi connectivity index (χ4n) is 1.17. The zero-order chi connectivity index (χ0) is 12.0. The summed E-state index contributed by atoms with van der Waals surface area (Å²) in [6, 6.07) is 3.47. The Hall–Kier alpha value is -1.20. The molecule has 1 atom stereocenters. The Balaban J connectivity index is 2.48. The highest BCUT2D eigenvalue weighted by Gasteiger charge is 2.11. The molecule has 0 aromatic heterocycles. The second kappa shape index (κ2) is 6.40. The van der Waals surface area contributed by atoms with Crippen LogP contribution in [0.5, 0.6) is 5.75 Å². The average Bonchev–Trinajstić information content (AvgIpc) is 2.25. The molecule has 0 aliphatic carbocycles. The fraction of sp³-hybridized carbons (Fsp3) is 0.455. The summed E-state index contributed by atoms with van der Waals surface area (Å²) in [5.41, 5.74) is 0. The second-order valence-electron chi connectivity index (χ2n) is 3.32. The van der Waals surface area contributed by atoms with Gasteiger partial charge in [-0.15, -0.1) is 0 Å². The highest BCUT2D eigenvalue weighted by molar-refractivity contribution is 5.25. The predicted octanol–water partition coefficient (Wildman–Crippen LogP) is 1.31. The number of rotatable bonds is 6. The predicted molar refractivity (Wildman–Crippen MR) is 56.4 cm³/mol. The van der Waals surface area contributed by atoms with Crippen molar-refractivity contribution in [3.8, 4) is 5.75 Å². The summed E-state index contributed by atoms with van der Waals surface area (Å²) < 4.78 is 31.1. The number of likely N-dealkylation sites (N-methyl/N-ethyl adjacent to an activating group) is 1. The number of hydrogen-bond acceptors (Lipinski definition) is 3. The number of ether oxygens (including phenoxy) is 1. The van der Waals surface area contributed by atoms with Crippen molar-refractivity contribution in [3.63, 3.8) is 0 Å². The van der Waals surface area contributed by atoms with Gasteiger partial charge < -0.3 is 15.2 Å². The number of nitrogens with one attached hydrogen (secondary N) is 1. The van der Waals surface area contributed by atoms with Crippen molar-refractivity contribution in [2.24, 2.45) is 0 Å². The monoisotopic (exact) mass is 231 g/mol. The van der Waals surface area contributed by atoms with Gasteiger partial charge in [-0.1, -0.05) is 13.0 Å². The van der Waals surface area contributed by atoms with E-state index in [-0.39, 0.29) is 6.61 Å². The molecule has 0 heterocycles. The van der Waals surface area contributed by atoms with Crippen LogP contribution in [0, 0.1) is 11.6 Å². The van der Waals surface area contributed by atoms with E-state index in [1.807, 2.05) is 6.92 Å². The Bertz CT molecular complexity index is 314. The molecule has 0 fully saturated rings. The molecule has 16 heavy (non-hydrogen) atoms. The van der Waals surface area contributed by atoms with Crippen molar-refractivity contribution in [2.45, 2.75) is 13.0 Å². The molecule has 1 unspecified atom stereocenters. The fourth-order valence-corrected chi connectivity index (χ4v) is 1.17. The molecule has 0 bridgehead atoms. The van der Waals surface area contributed by atoms with Crippen LogP contribution in [0.15, 0.2) is 18.2 Å². The first kappa shape index (κ1) is 12.9. The molecular weight excluding hydrogens is 216 g/mol. The zero-order valence-corrected chi connectivity index (χ0v) is 9.04. The first-order valence-electron chi connectivity index (χ1n) is 5.10. The van der Waals surface area contributed by atoms with E-state index in [2.05, 4.69) is 5.32 Å². The highest BCUT2D eigenvalue weighted by Crippen LogP contribution is 2.20. The molecule has 0 amide bonds. The maximum atomic E-state index is 13.1. The van der Waals surface area contributed by atoms with E-state index < -0.39 is 23.5 Å². The summed E-state index contributed by atoms with van der Waals surface area (Å²) in [6.45, 7) is 2.78. The lowest BCUT2D eigenvalue weighted by atomic mass is 10.3. The van der Waals surface area contributed by atoms with E-state index in [0.717, 1.165) is 12.1 Å². The molecule has 2 N–H and O–H groups in total. The van der Waals surface area contributed by atoms with Gasteiger partial charge in [-0.3, -0.25) is 0 Å². The van der Waals surface area contributed by atoms with Crippen LogP contribution < -0.4 is 10.1 Å². The average molecular weight is 231 g/mol. The first-order chi connectivity index (χ1) is 7.65. The van der Waals surface area contributed by atoms with Crippen LogP contribution in [0.1, 0.15) is 6.92 Å². The lowest BCUT2D eigenvalue weighted by Crippen LogP contribution is -2.31. The third-order valence-electron chi connectivity index (χ3n) is 1.97. The highest BCUT2D eigenvalue weighted by atomic mass is 19.1. The normalized spacial score (nSPS) is 12.5. The molecule has 1 aromatic carbocycles. The molecule has 0 aliphatic heterocycles. The van der Waals surface area contributed by atoms with Gasteiger partial charge in [0.2, 0.25) is 0 Å². The van der Waals surface area contributed by atoms with E-state index in [0.29, 0.717) is 13.1 Å². The Labute approximate surface area is 93.0 Å². The molecule has 90 valence electrons. The van der Waals surface area contributed by atoms with Crippen LogP contribution in [-0.4, -0.2) is 30.9 Å². The van der Waals surface area contributed by atoms with Gasteiger partial charge in [0.05, 0.1) is 0 Å². The molecule has 0 aliphatic rings. The summed E-state index contributed by atoms with van der Waals surface area (Å²) >= 11 is 0. The lowest BCUT2D eigenvalue weighted by molar-refractivity contribution is 0.102. The van der Waals surface area contributed by atoms with Crippen molar-refractivity contribution in [2.75, 3.05) is 19.7 Å². The van der Waals surface area contributed by atoms with Gasteiger partial charge in [0.25, 0.3) is 0 Å². The van der Waals surface area contributed by atoms with Gasteiger partial charge >= 0.3 is 0 Å². The van der Waals surface area contributed by atoms with Crippen LogP contribution in [0.4, 0.5) is 8.78 Å². The summed E-state index contributed by atoms with van der Waals surface area (Å²) in [5.74, 6) is -1.98. The van der Waals surface area contributed by atoms with Crippen molar-refractivity contribution < 1.29 is 18.6 Å². The molecule has 1 rings (SSSR count). The number of para-hydroxylation sites is 1. The summed E-state index contributed by atoms with van der Waals surface area (Å²) in [4.78, 5) is 0. The van der Waals surface area contributed by atoms with E-state index in [9.17, 15) is 13.9 Å². The van der Waals surface area contributed by atoms with Gasteiger partial charge in [-0.05, 0) is 18.7 Å². The molecule has 0 saturated carbocycles. The van der Waals surface area contributed by atoms with Crippen molar-refractivity contribution >= 4 is 0 Å². The molecule has 5 heteroatoms. The number of aliphatic hydroxyl groups is 1. The van der Waals surface area contributed by atoms with Crippen LogP contribution in [0.3, 0.4) is 0 Å². The number of benzene rings is 1. The SMILES string of the molecule is CCNCC(O)COc1c(F)cccc1F. The lowest BCUT2D eigenvalue weighted by Gasteiger charge is -2.13. The molecule has 0 radical (unpaired) electrons. The number of halogens is 2. The minimum Gasteiger partial charge on any atom is -0.485 e. The maximum absolute atomic E-state index is 13.1. The Morgan fingerprint density at radius 2 is 2.00 bits per heavy atom. The minimum atomic E-state index is -0.793. The third kappa shape index (κ3) is 3.75. The van der Waals surface area contributed by atoms with Crippen LogP contribution >= 0.6 is 0 Å². The molecule has 3 nitrogen and oxygen atoms in total. The van der Waals surface area contributed by atoms with Crippen LogP contribution in [-0.2, 0) is 0 Å². The Kier molecular flexibility index (Phi) is 5.14. The molecular formula is C11H15F2NO2. The zero-order valence-electron chi connectivity index (χ0n) is 9.04. The smallest absolute Gasteiger partial charge is 0.190 e. The number of aliphatic hydroxyl groups excluding tert-OH is 1. The van der Waals surface area contributed by atoms with Crippen LogP contribution in [0.25, 0.3) is 0 Å². The van der Waals surface area contributed by atoms with Gasteiger partial charge in [-0.2, -0.15) is 0 Å². The largest absolute Gasteiger partial charge is 0.485 e. The van der Waals surface area contributed by atoms with Crippen molar-refractivity contribution in [3.05, 3.63) is 29.8 Å². The summed E-state index contributed by atoms with van der Waals surface area (Å²) in [7, 11) is 0. The minimum absolute atomic E-state index is 0.148. The Morgan fingerprint density at radius 3 is 2.56 bits per heavy atom. The summed E-state index contributed by atoms with van der Waals surface area (Å²) in [5, 5.41) is 12.3. The van der Waals surface area contributed by atoms with Crippen molar-refractivity contribution in [1.82, 2.24) is 5.32 Å². The quantitative estimate of drug-likeness (QED) is 0.775. The first-order valence-corrected chi connectivity index (χ1v) is 5.10. The topological polar surface area (TPSA) is 41.5 Å². The third-order valence-corrected chi connectivity index (χ3v) is 1.97. The van der Waals surface area contributed by atoms with E-state index in [1.165, 1.54) is 6.07 Å². The van der Waals surface area contributed by atoms with Gasteiger partial charge in [0.15, 0.2) is 17.4 Å². The van der Waals surface area contributed by atoms with Crippen molar-refractivity contribution in [1.29, 1.82) is 0 Å². The van der Waals surface area contributed by atoms with E-state index in [1.54, 1.807) is 0 Å². The van der Waals surface area contributed by atoms with Crippen LogP contribution in [0.2, 0.25) is 0 Å². The summed E-state index contributed by atoms with van der Waals surface area (Å²) in [6.07, 6.45) is -0.793. The van der Waals surface area contributed by atoms with E-state index >= 15 is 0 Å². The molecule has 0 saturated heterocycles. The van der Waals surface area contributed by atoms with Gasteiger partial charge in [0, 0.05) is 6.54 Å². The van der Waals surface area contributed by atoms with Gasteiger partial charge in [-0.25, -0.2) is 8.78 Å². The molecule has 0 spiro atoms. The maximum Gasteiger partial charge on any atom is 0.190 e.